The lowest BCUT2D eigenvalue weighted by Gasteiger charge is -2.21. The van der Waals surface area contributed by atoms with Crippen LogP contribution in [0.2, 0.25) is 0 Å². The van der Waals surface area contributed by atoms with Crippen molar-refractivity contribution in [3.8, 4) is 11.5 Å². The van der Waals surface area contributed by atoms with Gasteiger partial charge in [-0.1, -0.05) is 30.3 Å². The van der Waals surface area contributed by atoms with Crippen LogP contribution < -0.4 is 14.8 Å². The monoisotopic (exact) mass is 383 g/mol. The molecular formula is C22H27N2O4+. The Kier molecular flexibility index (Phi) is 6.21. The van der Waals surface area contributed by atoms with Gasteiger partial charge in [-0.25, -0.2) is 4.79 Å². The maximum atomic E-state index is 11.9. The number of aromatic amines is 1. The molecule has 2 aromatic carbocycles. The van der Waals surface area contributed by atoms with E-state index in [1.807, 2.05) is 48.8 Å². The molecule has 0 saturated carbocycles. The van der Waals surface area contributed by atoms with Gasteiger partial charge in [-0.2, -0.15) is 0 Å². The van der Waals surface area contributed by atoms with Crippen LogP contribution in [0.1, 0.15) is 24.0 Å². The van der Waals surface area contributed by atoms with Crippen LogP contribution >= 0.6 is 0 Å². The Morgan fingerprint density at radius 3 is 2.54 bits per heavy atom. The minimum absolute atomic E-state index is 0.00620. The lowest BCUT2D eigenvalue weighted by molar-refractivity contribution is -0.676. The zero-order valence-corrected chi connectivity index (χ0v) is 16.7. The number of hydrogen-bond acceptors (Lipinski definition) is 4. The number of para-hydroxylation sites is 2. The Morgan fingerprint density at radius 1 is 1.04 bits per heavy atom. The van der Waals surface area contributed by atoms with E-state index in [4.69, 9.17) is 14.2 Å². The van der Waals surface area contributed by atoms with E-state index in [1.54, 1.807) is 14.2 Å². The number of carbonyl (C=O) groups is 1. The van der Waals surface area contributed by atoms with Gasteiger partial charge in [0.1, 0.15) is 0 Å². The Balaban J connectivity index is 2.06. The summed E-state index contributed by atoms with van der Waals surface area (Å²) in [4.78, 5) is 15.2. The van der Waals surface area contributed by atoms with Crippen LogP contribution in [0.4, 0.5) is 0 Å². The first-order valence-corrected chi connectivity index (χ1v) is 9.28. The number of hydrogen-bond donors (Lipinski definition) is 2. The number of nitrogens with two attached hydrogens (primary N) is 1. The first kappa shape index (κ1) is 19.8. The number of methoxy groups -OCH3 is 3. The van der Waals surface area contributed by atoms with Crippen molar-refractivity contribution >= 4 is 16.9 Å². The first-order chi connectivity index (χ1) is 13.6. The molecule has 0 aliphatic heterocycles. The third-order valence-electron chi connectivity index (χ3n) is 5.10. The van der Waals surface area contributed by atoms with E-state index in [-0.39, 0.29) is 17.9 Å². The van der Waals surface area contributed by atoms with Crippen molar-refractivity contribution in [2.75, 3.05) is 27.9 Å². The first-order valence-electron chi connectivity index (χ1n) is 9.28. The largest absolute Gasteiger partial charge is 0.493 e. The van der Waals surface area contributed by atoms with Crippen LogP contribution in [-0.2, 0) is 9.53 Å². The van der Waals surface area contributed by atoms with Crippen LogP contribution in [0.3, 0.4) is 0 Å². The number of aromatic nitrogens is 1. The van der Waals surface area contributed by atoms with Gasteiger partial charge in [-0.15, -0.1) is 0 Å². The predicted molar refractivity (Wildman–Crippen MR) is 108 cm³/mol. The summed E-state index contributed by atoms with van der Waals surface area (Å²) >= 11 is 0. The lowest BCUT2D eigenvalue weighted by atomic mass is 9.89. The molecule has 1 heterocycles. The third kappa shape index (κ3) is 3.82. The molecule has 3 rings (SSSR count). The molecule has 0 fully saturated rings. The van der Waals surface area contributed by atoms with Crippen molar-refractivity contribution in [2.45, 2.75) is 18.9 Å². The summed E-state index contributed by atoms with van der Waals surface area (Å²) in [7, 11) is 4.69. The number of ether oxygens (including phenoxy) is 3. The summed E-state index contributed by atoms with van der Waals surface area (Å²) in [5, 5.41) is 3.15. The fourth-order valence-corrected chi connectivity index (χ4v) is 3.61. The number of carbonyl (C=O) groups excluding carboxylic acids is 1. The molecule has 0 aliphatic rings. The minimum atomic E-state index is -0.297. The molecule has 148 valence electrons. The van der Waals surface area contributed by atoms with Crippen molar-refractivity contribution in [1.82, 2.24) is 4.98 Å². The van der Waals surface area contributed by atoms with E-state index < -0.39 is 0 Å². The number of esters is 1. The summed E-state index contributed by atoms with van der Waals surface area (Å²) in [6.45, 7) is 2.50. The SMILES string of the molecule is COC(=O)[C@H](C)[NH2+]C[C@H](c1cccc(OC)c1OC)c1c[nH]c2ccccc12. The topological polar surface area (TPSA) is 77.2 Å². The van der Waals surface area contributed by atoms with Gasteiger partial charge in [-0.05, 0) is 24.6 Å². The van der Waals surface area contributed by atoms with E-state index in [9.17, 15) is 4.79 Å². The zero-order valence-electron chi connectivity index (χ0n) is 16.7. The van der Waals surface area contributed by atoms with Crippen molar-refractivity contribution in [2.24, 2.45) is 0 Å². The van der Waals surface area contributed by atoms with Gasteiger partial charge in [0.25, 0.3) is 0 Å². The molecule has 0 aliphatic carbocycles. The second-order valence-electron chi connectivity index (χ2n) is 6.71. The molecule has 2 atom stereocenters. The standard InChI is InChI=1S/C22H26N2O4/c1-14(22(25)28-4)23-12-18(16-9-7-11-20(26-2)21(16)27-3)17-13-24-19-10-6-5-8-15(17)19/h5-11,13-14,18,23-24H,12H2,1-4H3/p+1/t14-,18+/m0/s1. The third-order valence-corrected chi connectivity index (χ3v) is 5.10. The Bertz CT molecular complexity index is 951. The molecule has 1 aromatic heterocycles. The van der Waals surface area contributed by atoms with Gasteiger partial charge in [0, 0.05) is 22.7 Å². The van der Waals surface area contributed by atoms with Crippen LogP contribution in [0.5, 0.6) is 11.5 Å². The molecule has 6 nitrogen and oxygen atoms in total. The highest BCUT2D eigenvalue weighted by atomic mass is 16.5. The second-order valence-corrected chi connectivity index (χ2v) is 6.71. The number of nitrogens with one attached hydrogen (secondary N) is 1. The van der Waals surface area contributed by atoms with E-state index >= 15 is 0 Å². The van der Waals surface area contributed by atoms with E-state index in [0.717, 1.165) is 22.0 Å². The summed E-state index contributed by atoms with van der Waals surface area (Å²) in [6.07, 6.45) is 2.03. The molecule has 0 radical (unpaired) electrons. The van der Waals surface area contributed by atoms with Crippen molar-refractivity contribution < 1.29 is 24.3 Å². The molecule has 3 aromatic rings. The molecule has 0 bridgehead atoms. The lowest BCUT2D eigenvalue weighted by Crippen LogP contribution is -2.92. The van der Waals surface area contributed by atoms with Crippen LogP contribution in [0.15, 0.2) is 48.7 Å². The van der Waals surface area contributed by atoms with Crippen LogP contribution in [0.25, 0.3) is 10.9 Å². The minimum Gasteiger partial charge on any atom is -0.493 e. The Labute approximate surface area is 164 Å². The average molecular weight is 383 g/mol. The van der Waals surface area contributed by atoms with E-state index in [2.05, 4.69) is 17.1 Å². The van der Waals surface area contributed by atoms with Gasteiger partial charge in [0.15, 0.2) is 17.5 Å². The average Bonchev–Trinajstić information content (AvgIpc) is 3.16. The van der Waals surface area contributed by atoms with Crippen molar-refractivity contribution in [1.29, 1.82) is 0 Å². The Morgan fingerprint density at radius 2 is 1.82 bits per heavy atom. The fraction of sp³-hybridized carbons (Fsp3) is 0.318. The quantitative estimate of drug-likeness (QED) is 0.586. The maximum absolute atomic E-state index is 11.9. The van der Waals surface area contributed by atoms with Gasteiger partial charge in [0.2, 0.25) is 0 Å². The molecule has 0 saturated heterocycles. The maximum Gasteiger partial charge on any atom is 0.364 e. The van der Waals surface area contributed by atoms with Crippen molar-refractivity contribution in [3.63, 3.8) is 0 Å². The number of fused-ring (bicyclic) bond motifs is 1. The molecule has 28 heavy (non-hydrogen) atoms. The molecule has 0 spiro atoms. The van der Waals surface area contributed by atoms with Crippen molar-refractivity contribution in [3.05, 3.63) is 59.8 Å². The smallest absolute Gasteiger partial charge is 0.364 e. The number of rotatable bonds is 8. The molecule has 0 amide bonds. The summed E-state index contributed by atoms with van der Waals surface area (Å²) in [5.74, 6) is 1.15. The predicted octanol–water partition coefficient (Wildman–Crippen LogP) is 2.44. The van der Waals surface area contributed by atoms with E-state index in [0.29, 0.717) is 18.0 Å². The Hall–Kier alpha value is -2.99. The molecule has 3 N–H and O–H groups in total. The highest BCUT2D eigenvalue weighted by Crippen LogP contribution is 2.39. The summed E-state index contributed by atoms with van der Waals surface area (Å²) in [5.41, 5.74) is 3.24. The molecule has 6 heteroatoms. The molecular weight excluding hydrogens is 356 g/mol. The van der Waals surface area contributed by atoms with Gasteiger partial charge in [-0.3, -0.25) is 0 Å². The summed E-state index contributed by atoms with van der Waals surface area (Å²) in [6, 6.07) is 13.8. The number of benzene rings is 2. The van der Waals surface area contributed by atoms with Gasteiger partial charge < -0.3 is 24.5 Å². The van der Waals surface area contributed by atoms with Crippen LogP contribution in [-0.4, -0.2) is 44.9 Å². The van der Waals surface area contributed by atoms with Gasteiger partial charge >= 0.3 is 5.97 Å². The normalized spacial score (nSPS) is 13.1. The second kappa shape index (κ2) is 8.80. The summed E-state index contributed by atoms with van der Waals surface area (Å²) < 4.78 is 16.1. The fourth-order valence-electron chi connectivity index (χ4n) is 3.61. The van der Waals surface area contributed by atoms with Gasteiger partial charge in [0.05, 0.1) is 33.8 Å². The molecule has 0 unspecified atom stereocenters. The number of quaternary nitrogens is 1. The van der Waals surface area contributed by atoms with Crippen LogP contribution in [0, 0.1) is 0 Å². The highest BCUT2D eigenvalue weighted by Gasteiger charge is 2.27. The zero-order chi connectivity index (χ0) is 20.1. The highest BCUT2D eigenvalue weighted by molar-refractivity contribution is 5.84. The van der Waals surface area contributed by atoms with E-state index in [1.165, 1.54) is 7.11 Å². The number of H-pyrrole nitrogens is 1.